The summed E-state index contributed by atoms with van der Waals surface area (Å²) in [4.78, 5) is 23.5. The minimum atomic E-state index is -0.406. The van der Waals surface area contributed by atoms with Crippen molar-refractivity contribution in [3.05, 3.63) is 28.7 Å². The lowest BCUT2D eigenvalue weighted by atomic mass is 10.2. The predicted octanol–water partition coefficient (Wildman–Crippen LogP) is 1.17. The molecule has 0 spiro atoms. The number of thioether (sulfide) groups is 1. The molecule has 21 heavy (non-hydrogen) atoms. The molecule has 1 fully saturated rings. The largest absolute Gasteiger partial charge is 0.419 e. The van der Waals surface area contributed by atoms with Gasteiger partial charge < -0.3 is 15.1 Å². The minimum Gasteiger partial charge on any atom is -0.408 e. The van der Waals surface area contributed by atoms with Crippen molar-refractivity contribution >= 4 is 34.5 Å². The zero-order chi connectivity index (χ0) is 14.8. The zero-order valence-corrected chi connectivity index (χ0v) is 12.5. The summed E-state index contributed by atoms with van der Waals surface area (Å²) in [5.41, 5.74) is 1.86. The average Bonchev–Trinajstić information content (AvgIpc) is 2.75. The summed E-state index contributed by atoms with van der Waals surface area (Å²) in [5.74, 6) is 1.63. The molecule has 1 aromatic carbocycles. The van der Waals surface area contributed by atoms with Gasteiger partial charge in [-0.2, -0.15) is 11.8 Å². The standard InChI is InChI=1S/C14H17N3O3S/c1-17-11-6-9(2-3-12(11)20-14(17)19)16-13(18)7-10-8-21-5-4-15-10/h2-3,6,10,15H,4-5,7-8H2,1H3,(H,16,18). The number of hydrogen-bond acceptors (Lipinski definition) is 5. The van der Waals surface area contributed by atoms with Gasteiger partial charge in [-0.1, -0.05) is 0 Å². The van der Waals surface area contributed by atoms with Crippen LogP contribution in [-0.2, 0) is 11.8 Å². The van der Waals surface area contributed by atoms with Gasteiger partial charge in [-0.25, -0.2) is 4.79 Å². The normalized spacial score (nSPS) is 18.8. The van der Waals surface area contributed by atoms with Crippen LogP contribution in [0.3, 0.4) is 0 Å². The average molecular weight is 307 g/mol. The van der Waals surface area contributed by atoms with E-state index in [1.165, 1.54) is 4.57 Å². The zero-order valence-electron chi connectivity index (χ0n) is 11.7. The predicted molar refractivity (Wildman–Crippen MR) is 83.8 cm³/mol. The van der Waals surface area contributed by atoms with Crippen LogP contribution in [0, 0.1) is 0 Å². The van der Waals surface area contributed by atoms with Crippen molar-refractivity contribution < 1.29 is 9.21 Å². The van der Waals surface area contributed by atoms with Crippen LogP contribution in [-0.4, -0.2) is 34.6 Å². The van der Waals surface area contributed by atoms with Crippen LogP contribution in [0.5, 0.6) is 0 Å². The summed E-state index contributed by atoms with van der Waals surface area (Å²) in [6.45, 7) is 0.950. The lowest BCUT2D eigenvalue weighted by Crippen LogP contribution is -2.39. The number of aryl methyl sites for hydroxylation is 1. The van der Waals surface area contributed by atoms with E-state index in [1.54, 1.807) is 25.2 Å². The van der Waals surface area contributed by atoms with Crippen molar-refractivity contribution in [3.8, 4) is 0 Å². The molecule has 1 aromatic heterocycles. The first kappa shape index (κ1) is 14.2. The third kappa shape index (κ3) is 3.14. The van der Waals surface area contributed by atoms with E-state index in [0.29, 0.717) is 23.2 Å². The molecule has 1 aliphatic rings. The van der Waals surface area contributed by atoms with Crippen molar-refractivity contribution in [3.63, 3.8) is 0 Å². The molecule has 0 saturated carbocycles. The van der Waals surface area contributed by atoms with Gasteiger partial charge in [0.1, 0.15) is 0 Å². The van der Waals surface area contributed by atoms with Crippen LogP contribution >= 0.6 is 11.8 Å². The molecular formula is C14H17N3O3S. The summed E-state index contributed by atoms with van der Waals surface area (Å²) < 4.78 is 6.48. The molecule has 1 aliphatic heterocycles. The first-order valence-corrected chi connectivity index (χ1v) is 7.99. The highest BCUT2D eigenvalue weighted by molar-refractivity contribution is 7.99. The Morgan fingerprint density at radius 3 is 3.19 bits per heavy atom. The molecule has 2 heterocycles. The second-order valence-electron chi connectivity index (χ2n) is 5.09. The topological polar surface area (TPSA) is 76.3 Å². The van der Waals surface area contributed by atoms with E-state index in [9.17, 15) is 9.59 Å². The molecule has 2 aromatic rings. The Morgan fingerprint density at radius 1 is 1.57 bits per heavy atom. The molecular weight excluding hydrogens is 290 g/mol. The number of anilines is 1. The number of nitrogens with one attached hydrogen (secondary N) is 2. The number of nitrogens with zero attached hydrogens (tertiary/aromatic N) is 1. The summed E-state index contributed by atoms with van der Waals surface area (Å²) in [5, 5.41) is 6.21. The molecule has 1 amide bonds. The maximum Gasteiger partial charge on any atom is 0.419 e. The third-order valence-electron chi connectivity index (χ3n) is 3.51. The van der Waals surface area contributed by atoms with Gasteiger partial charge in [-0.3, -0.25) is 9.36 Å². The van der Waals surface area contributed by atoms with Gasteiger partial charge in [0, 0.05) is 43.2 Å². The maximum atomic E-state index is 12.1. The molecule has 1 atom stereocenters. The van der Waals surface area contributed by atoms with E-state index in [4.69, 9.17) is 4.42 Å². The van der Waals surface area contributed by atoms with Crippen LogP contribution < -0.4 is 16.4 Å². The molecule has 1 saturated heterocycles. The van der Waals surface area contributed by atoms with E-state index in [1.807, 2.05) is 11.8 Å². The number of benzene rings is 1. The lowest BCUT2D eigenvalue weighted by Gasteiger charge is -2.22. The molecule has 2 N–H and O–H groups in total. The van der Waals surface area contributed by atoms with Crippen molar-refractivity contribution in [2.45, 2.75) is 12.5 Å². The smallest absolute Gasteiger partial charge is 0.408 e. The number of aromatic nitrogens is 1. The highest BCUT2D eigenvalue weighted by Crippen LogP contribution is 2.18. The molecule has 1 unspecified atom stereocenters. The fourth-order valence-corrected chi connectivity index (χ4v) is 3.34. The van der Waals surface area contributed by atoms with Gasteiger partial charge >= 0.3 is 5.76 Å². The highest BCUT2D eigenvalue weighted by Gasteiger charge is 2.17. The number of hydrogen-bond donors (Lipinski definition) is 2. The summed E-state index contributed by atoms with van der Waals surface area (Å²) >= 11 is 1.86. The Hall–Kier alpha value is -1.73. The quantitative estimate of drug-likeness (QED) is 0.890. The molecule has 6 nitrogen and oxygen atoms in total. The first-order chi connectivity index (χ1) is 10.1. The number of fused-ring (bicyclic) bond motifs is 1. The van der Waals surface area contributed by atoms with Crippen molar-refractivity contribution in [1.29, 1.82) is 0 Å². The van der Waals surface area contributed by atoms with Gasteiger partial charge in [-0.05, 0) is 18.2 Å². The molecule has 0 aliphatic carbocycles. The molecule has 7 heteroatoms. The number of oxazole rings is 1. The Morgan fingerprint density at radius 2 is 2.43 bits per heavy atom. The Bertz CT molecular complexity index is 716. The molecule has 112 valence electrons. The van der Waals surface area contributed by atoms with E-state index < -0.39 is 5.76 Å². The summed E-state index contributed by atoms with van der Waals surface area (Å²) in [6, 6.07) is 5.42. The molecule has 3 rings (SSSR count). The van der Waals surface area contributed by atoms with Crippen LogP contribution in [0.1, 0.15) is 6.42 Å². The first-order valence-electron chi connectivity index (χ1n) is 6.84. The number of carbonyl (C=O) groups is 1. The second-order valence-corrected chi connectivity index (χ2v) is 6.24. The van der Waals surface area contributed by atoms with Gasteiger partial charge in [0.2, 0.25) is 5.91 Å². The maximum absolute atomic E-state index is 12.1. The van der Waals surface area contributed by atoms with E-state index in [0.717, 1.165) is 18.1 Å². The van der Waals surface area contributed by atoms with E-state index in [-0.39, 0.29) is 11.9 Å². The van der Waals surface area contributed by atoms with Gasteiger partial charge in [0.25, 0.3) is 0 Å². The lowest BCUT2D eigenvalue weighted by molar-refractivity contribution is -0.116. The van der Waals surface area contributed by atoms with Gasteiger partial charge in [-0.15, -0.1) is 0 Å². The number of rotatable bonds is 3. The minimum absolute atomic E-state index is 0.0251. The Kier molecular flexibility index (Phi) is 4.03. The fourth-order valence-electron chi connectivity index (χ4n) is 2.39. The summed E-state index contributed by atoms with van der Waals surface area (Å²) in [7, 11) is 1.64. The van der Waals surface area contributed by atoms with E-state index >= 15 is 0 Å². The summed E-state index contributed by atoms with van der Waals surface area (Å²) in [6.07, 6.45) is 0.454. The number of amides is 1. The van der Waals surface area contributed by atoms with E-state index in [2.05, 4.69) is 10.6 Å². The Labute approximate surface area is 125 Å². The van der Waals surface area contributed by atoms with Crippen LogP contribution in [0.15, 0.2) is 27.4 Å². The van der Waals surface area contributed by atoms with Crippen molar-refractivity contribution in [2.75, 3.05) is 23.4 Å². The van der Waals surface area contributed by atoms with Crippen LogP contribution in [0.4, 0.5) is 5.69 Å². The monoisotopic (exact) mass is 307 g/mol. The van der Waals surface area contributed by atoms with Gasteiger partial charge in [0.15, 0.2) is 5.58 Å². The van der Waals surface area contributed by atoms with Crippen molar-refractivity contribution in [2.24, 2.45) is 7.05 Å². The fraction of sp³-hybridized carbons (Fsp3) is 0.429. The Balaban J connectivity index is 1.70. The SMILES string of the molecule is Cn1c(=O)oc2ccc(NC(=O)CC3CSCCN3)cc21. The third-order valence-corrected chi connectivity index (χ3v) is 4.64. The van der Waals surface area contributed by atoms with Gasteiger partial charge in [0.05, 0.1) is 5.52 Å². The van der Waals surface area contributed by atoms with Crippen molar-refractivity contribution in [1.82, 2.24) is 9.88 Å². The molecule has 0 bridgehead atoms. The highest BCUT2D eigenvalue weighted by atomic mass is 32.2. The second kappa shape index (κ2) is 5.95. The molecule has 0 radical (unpaired) electrons. The van der Waals surface area contributed by atoms with Crippen LogP contribution in [0.25, 0.3) is 11.1 Å². The van der Waals surface area contributed by atoms with Crippen LogP contribution in [0.2, 0.25) is 0 Å². The number of carbonyl (C=O) groups excluding carboxylic acids is 1.